The lowest BCUT2D eigenvalue weighted by Crippen LogP contribution is -2.03. The van der Waals surface area contributed by atoms with Crippen molar-refractivity contribution in [2.45, 2.75) is 74.7 Å². The van der Waals surface area contributed by atoms with Crippen LogP contribution in [0.5, 0.6) is 0 Å². The maximum absolute atomic E-state index is 5.07. The van der Waals surface area contributed by atoms with E-state index in [1.807, 2.05) is 55.4 Å². The lowest BCUT2D eigenvalue weighted by Gasteiger charge is -2.08. The number of hydrogen-bond donors (Lipinski definition) is 0. The summed E-state index contributed by atoms with van der Waals surface area (Å²) in [6.45, 7) is 18.0. The molecular formula is C13H34O. The van der Waals surface area contributed by atoms with E-state index in [0.29, 0.717) is 0 Å². The summed E-state index contributed by atoms with van der Waals surface area (Å²) in [5.74, 6) is 0. The van der Waals surface area contributed by atoms with Gasteiger partial charge in [-0.25, -0.2) is 0 Å². The highest BCUT2D eigenvalue weighted by atomic mass is 16.5. The van der Waals surface area contributed by atoms with E-state index < -0.39 is 0 Å². The fraction of sp³-hybridized carbons (Fsp3) is 1.00. The molecule has 1 aliphatic rings. The number of ether oxygens (including phenoxy) is 1. The maximum Gasteiger partial charge on any atom is 0.0466 e. The van der Waals surface area contributed by atoms with Crippen LogP contribution in [-0.4, -0.2) is 13.2 Å². The Hall–Kier alpha value is -0.0400. The third-order valence-electron chi connectivity index (χ3n) is 1.08. The van der Waals surface area contributed by atoms with Gasteiger partial charge >= 0.3 is 0 Å². The van der Waals surface area contributed by atoms with Crippen LogP contribution >= 0.6 is 0 Å². The maximum atomic E-state index is 5.07. The zero-order chi connectivity index (χ0) is 12.2. The molecule has 0 atom stereocenters. The Bertz CT molecular complexity index is 20.7. The SMILES string of the molecule is C1CCOCC1.CC.CC.CC.CC. The fourth-order valence-electron chi connectivity index (χ4n) is 0.687. The molecule has 1 rings (SSSR count). The summed E-state index contributed by atoms with van der Waals surface area (Å²) in [5.41, 5.74) is 0. The van der Waals surface area contributed by atoms with Gasteiger partial charge in [-0.15, -0.1) is 0 Å². The molecule has 1 saturated heterocycles. The second kappa shape index (κ2) is 52.2. The predicted molar refractivity (Wildman–Crippen MR) is 70.1 cm³/mol. The largest absolute Gasteiger partial charge is 0.381 e. The molecule has 0 aliphatic carbocycles. The van der Waals surface area contributed by atoms with Gasteiger partial charge in [-0.1, -0.05) is 55.4 Å². The summed E-state index contributed by atoms with van der Waals surface area (Å²) in [6, 6.07) is 0. The summed E-state index contributed by atoms with van der Waals surface area (Å²) in [4.78, 5) is 0. The van der Waals surface area contributed by atoms with Crippen molar-refractivity contribution in [1.29, 1.82) is 0 Å². The Morgan fingerprint density at radius 3 is 0.857 bits per heavy atom. The third-order valence-corrected chi connectivity index (χ3v) is 1.08. The molecule has 0 aromatic heterocycles. The predicted octanol–water partition coefficient (Wildman–Crippen LogP) is 5.29. The topological polar surface area (TPSA) is 9.23 Å². The molecule has 1 nitrogen and oxygen atoms in total. The van der Waals surface area contributed by atoms with Crippen molar-refractivity contribution in [2.75, 3.05) is 13.2 Å². The first kappa shape index (κ1) is 23.6. The van der Waals surface area contributed by atoms with Gasteiger partial charge in [0.25, 0.3) is 0 Å². The minimum Gasteiger partial charge on any atom is -0.381 e. The van der Waals surface area contributed by atoms with Crippen LogP contribution < -0.4 is 0 Å². The monoisotopic (exact) mass is 206 g/mol. The molecule has 1 heterocycles. The Balaban J connectivity index is -0.0000000542. The van der Waals surface area contributed by atoms with Crippen molar-refractivity contribution in [3.63, 3.8) is 0 Å². The van der Waals surface area contributed by atoms with Crippen molar-refractivity contribution in [3.05, 3.63) is 0 Å². The highest BCUT2D eigenvalue weighted by Crippen LogP contribution is 2.02. The van der Waals surface area contributed by atoms with E-state index in [-0.39, 0.29) is 0 Å². The zero-order valence-corrected chi connectivity index (χ0v) is 11.9. The van der Waals surface area contributed by atoms with Crippen LogP contribution in [0.25, 0.3) is 0 Å². The van der Waals surface area contributed by atoms with Crippen molar-refractivity contribution in [1.82, 2.24) is 0 Å². The van der Waals surface area contributed by atoms with Crippen LogP contribution in [0.4, 0.5) is 0 Å². The van der Waals surface area contributed by atoms with Crippen LogP contribution in [0, 0.1) is 0 Å². The lowest BCUT2D eigenvalue weighted by atomic mass is 10.2. The van der Waals surface area contributed by atoms with E-state index in [2.05, 4.69) is 0 Å². The first-order chi connectivity index (χ1) is 7.00. The Morgan fingerprint density at radius 1 is 0.500 bits per heavy atom. The third kappa shape index (κ3) is 40.4. The molecular weight excluding hydrogens is 172 g/mol. The molecule has 1 fully saturated rings. The van der Waals surface area contributed by atoms with E-state index in [0.717, 1.165) is 13.2 Å². The Labute approximate surface area is 93.2 Å². The van der Waals surface area contributed by atoms with Crippen LogP contribution in [0.3, 0.4) is 0 Å². The van der Waals surface area contributed by atoms with Crippen molar-refractivity contribution >= 4 is 0 Å². The lowest BCUT2D eigenvalue weighted by molar-refractivity contribution is 0.0968. The van der Waals surface area contributed by atoms with Gasteiger partial charge in [-0.2, -0.15) is 0 Å². The summed E-state index contributed by atoms with van der Waals surface area (Å²) in [7, 11) is 0. The molecule has 0 radical (unpaired) electrons. The second-order valence-electron chi connectivity index (χ2n) is 1.67. The van der Waals surface area contributed by atoms with Gasteiger partial charge in [0.05, 0.1) is 0 Å². The minimum absolute atomic E-state index is 1.00. The second-order valence-corrected chi connectivity index (χ2v) is 1.67. The molecule has 0 amide bonds. The van der Waals surface area contributed by atoms with E-state index in [4.69, 9.17) is 4.74 Å². The van der Waals surface area contributed by atoms with E-state index >= 15 is 0 Å². The molecule has 1 heteroatoms. The molecule has 14 heavy (non-hydrogen) atoms. The van der Waals surface area contributed by atoms with Gasteiger partial charge in [-0.3, -0.25) is 0 Å². The van der Waals surface area contributed by atoms with Gasteiger partial charge in [0.1, 0.15) is 0 Å². The molecule has 0 bridgehead atoms. The number of hydrogen-bond acceptors (Lipinski definition) is 1. The molecule has 0 spiro atoms. The van der Waals surface area contributed by atoms with Crippen LogP contribution in [0.2, 0.25) is 0 Å². The summed E-state index contributed by atoms with van der Waals surface area (Å²) >= 11 is 0. The zero-order valence-electron chi connectivity index (χ0n) is 11.9. The standard InChI is InChI=1S/C5H10O.4C2H6/c1-2-4-6-5-3-1;4*1-2/h1-5H2;4*1-2H3. The Kier molecular flexibility index (Phi) is 88.1. The summed E-state index contributed by atoms with van der Waals surface area (Å²) in [6.07, 6.45) is 3.93. The summed E-state index contributed by atoms with van der Waals surface area (Å²) < 4.78 is 5.07. The summed E-state index contributed by atoms with van der Waals surface area (Å²) in [5, 5.41) is 0. The van der Waals surface area contributed by atoms with E-state index in [1.165, 1.54) is 19.3 Å². The quantitative estimate of drug-likeness (QED) is 0.523. The first-order valence-corrected chi connectivity index (χ1v) is 6.58. The molecule has 0 aromatic carbocycles. The average molecular weight is 206 g/mol. The smallest absolute Gasteiger partial charge is 0.0466 e. The van der Waals surface area contributed by atoms with E-state index in [9.17, 15) is 0 Å². The van der Waals surface area contributed by atoms with Gasteiger partial charge in [-0.05, 0) is 19.3 Å². The van der Waals surface area contributed by atoms with Gasteiger partial charge in [0.2, 0.25) is 0 Å². The molecule has 0 N–H and O–H groups in total. The van der Waals surface area contributed by atoms with E-state index in [1.54, 1.807) is 0 Å². The molecule has 0 saturated carbocycles. The molecule has 1 aliphatic heterocycles. The van der Waals surface area contributed by atoms with Crippen LogP contribution in [0.15, 0.2) is 0 Å². The molecule has 92 valence electrons. The van der Waals surface area contributed by atoms with Crippen molar-refractivity contribution in [2.24, 2.45) is 0 Å². The average Bonchev–Trinajstić information content (AvgIpc) is 2.41. The molecule has 0 unspecified atom stereocenters. The van der Waals surface area contributed by atoms with Gasteiger partial charge < -0.3 is 4.74 Å². The first-order valence-electron chi connectivity index (χ1n) is 6.58. The molecule has 0 aromatic rings. The van der Waals surface area contributed by atoms with Gasteiger partial charge in [0, 0.05) is 13.2 Å². The van der Waals surface area contributed by atoms with Crippen molar-refractivity contribution < 1.29 is 4.74 Å². The fourth-order valence-corrected chi connectivity index (χ4v) is 0.687. The normalized spacial score (nSPS) is 12.0. The minimum atomic E-state index is 1.00. The number of rotatable bonds is 0. The highest BCUT2D eigenvalue weighted by Gasteiger charge is 1.94. The van der Waals surface area contributed by atoms with Crippen LogP contribution in [-0.2, 0) is 4.74 Å². The van der Waals surface area contributed by atoms with Crippen molar-refractivity contribution in [3.8, 4) is 0 Å². The Morgan fingerprint density at radius 2 is 0.786 bits per heavy atom. The highest BCUT2D eigenvalue weighted by molar-refractivity contribution is 4.45. The van der Waals surface area contributed by atoms with Crippen LogP contribution in [0.1, 0.15) is 74.7 Å². The van der Waals surface area contributed by atoms with Gasteiger partial charge in [0.15, 0.2) is 0 Å².